The lowest BCUT2D eigenvalue weighted by Crippen LogP contribution is -2.37. The van der Waals surface area contributed by atoms with Crippen LogP contribution in [0.15, 0.2) is 112 Å². The van der Waals surface area contributed by atoms with Gasteiger partial charge in [0.25, 0.3) is 0 Å². The number of benzene rings is 4. The summed E-state index contributed by atoms with van der Waals surface area (Å²) in [5, 5.41) is 3.52. The largest absolute Gasteiger partial charge is 0.324 e. The number of nitrogens with one attached hydrogen (secondary N) is 1. The second-order valence-electron chi connectivity index (χ2n) is 8.25. The van der Waals surface area contributed by atoms with Crippen LogP contribution in [0.1, 0.15) is 11.1 Å². The fourth-order valence-corrected chi connectivity index (χ4v) is 6.37. The molecule has 0 radical (unpaired) electrons. The Hall–Kier alpha value is -2.81. The van der Waals surface area contributed by atoms with Crippen LogP contribution in [-0.2, 0) is 21.4 Å². The van der Waals surface area contributed by atoms with Gasteiger partial charge in [0.15, 0.2) is 0 Å². The van der Waals surface area contributed by atoms with Crippen LogP contribution in [-0.4, -0.2) is 25.2 Å². The summed E-state index contributed by atoms with van der Waals surface area (Å²) in [6.07, 6.45) is 0. The third-order valence-corrected chi connectivity index (χ3v) is 9.10. The average molecular weight is 572 g/mol. The molecular formula is C28H24Cl2N2O3S2. The number of aryl methyl sites for hydroxylation is 1. The first-order valence-corrected chi connectivity index (χ1v) is 14.4. The van der Waals surface area contributed by atoms with Crippen LogP contribution in [0.5, 0.6) is 0 Å². The fourth-order valence-electron chi connectivity index (χ4n) is 3.57. The summed E-state index contributed by atoms with van der Waals surface area (Å²) >= 11 is 14.2. The van der Waals surface area contributed by atoms with Crippen LogP contribution in [0, 0.1) is 6.92 Å². The predicted octanol–water partition coefficient (Wildman–Crippen LogP) is 7.28. The van der Waals surface area contributed by atoms with Crippen molar-refractivity contribution in [2.75, 3.05) is 11.9 Å². The first kappa shape index (κ1) is 27.2. The highest BCUT2D eigenvalue weighted by atomic mass is 35.5. The minimum absolute atomic E-state index is 0.0779. The van der Waals surface area contributed by atoms with Crippen molar-refractivity contribution in [1.29, 1.82) is 0 Å². The minimum atomic E-state index is -4.05. The number of amides is 1. The molecule has 0 heterocycles. The molecule has 1 N–H and O–H groups in total. The zero-order valence-electron chi connectivity index (χ0n) is 19.9. The quantitative estimate of drug-likeness (QED) is 0.229. The summed E-state index contributed by atoms with van der Waals surface area (Å²) in [4.78, 5) is 15.2. The van der Waals surface area contributed by atoms with Crippen LogP contribution in [0.25, 0.3) is 0 Å². The molecule has 0 unspecified atom stereocenters. The number of carbonyl (C=O) groups excluding carboxylic acids is 1. The minimum Gasteiger partial charge on any atom is -0.324 e. The van der Waals surface area contributed by atoms with Gasteiger partial charge in [0, 0.05) is 31.9 Å². The third-order valence-electron chi connectivity index (χ3n) is 5.51. The number of para-hydroxylation sites is 1. The van der Waals surface area contributed by atoms with Gasteiger partial charge in [-0.3, -0.25) is 4.79 Å². The zero-order valence-corrected chi connectivity index (χ0v) is 23.0. The number of hydrogen-bond donors (Lipinski definition) is 1. The Balaban J connectivity index is 1.62. The topological polar surface area (TPSA) is 66.5 Å². The van der Waals surface area contributed by atoms with E-state index in [0.717, 1.165) is 19.7 Å². The molecule has 0 spiro atoms. The summed E-state index contributed by atoms with van der Waals surface area (Å²) in [6, 6.07) is 28.6. The van der Waals surface area contributed by atoms with Crippen LogP contribution in [0.3, 0.4) is 0 Å². The van der Waals surface area contributed by atoms with E-state index in [4.69, 9.17) is 23.2 Å². The van der Waals surface area contributed by atoms with Crippen molar-refractivity contribution in [1.82, 2.24) is 4.31 Å². The van der Waals surface area contributed by atoms with E-state index in [1.165, 1.54) is 23.9 Å². The van der Waals surface area contributed by atoms with E-state index < -0.39 is 22.5 Å². The number of rotatable bonds is 9. The van der Waals surface area contributed by atoms with Gasteiger partial charge in [0.2, 0.25) is 15.9 Å². The highest BCUT2D eigenvalue weighted by Gasteiger charge is 2.28. The van der Waals surface area contributed by atoms with Crippen molar-refractivity contribution >= 4 is 56.6 Å². The molecule has 4 aromatic rings. The maximum absolute atomic E-state index is 13.6. The molecule has 0 saturated carbocycles. The average Bonchev–Trinajstić information content (AvgIpc) is 2.87. The van der Waals surface area contributed by atoms with Crippen LogP contribution >= 0.6 is 35.0 Å². The first-order chi connectivity index (χ1) is 17.7. The molecule has 0 saturated heterocycles. The van der Waals surface area contributed by atoms with Gasteiger partial charge < -0.3 is 5.32 Å². The van der Waals surface area contributed by atoms with E-state index in [1.54, 1.807) is 36.4 Å². The lowest BCUT2D eigenvalue weighted by molar-refractivity contribution is -0.116. The number of anilines is 1. The Morgan fingerprint density at radius 3 is 2.14 bits per heavy atom. The van der Waals surface area contributed by atoms with E-state index in [0.29, 0.717) is 21.3 Å². The van der Waals surface area contributed by atoms with Crippen molar-refractivity contribution in [3.8, 4) is 0 Å². The van der Waals surface area contributed by atoms with E-state index >= 15 is 0 Å². The second kappa shape index (κ2) is 12.2. The SMILES string of the molecule is Cc1ccc(S(=O)(=O)N(CC(=O)Nc2ccccc2Sc2ccccc2)Cc2c(Cl)cccc2Cl)cc1. The Morgan fingerprint density at radius 2 is 1.46 bits per heavy atom. The predicted molar refractivity (Wildman–Crippen MR) is 151 cm³/mol. The molecule has 4 rings (SSSR count). The lowest BCUT2D eigenvalue weighted by Gasteiger charge is -2.23. The zero-order chi connectivity index (χ0) is 26.4. The fraction of sp³-hybridized carbons (Fsp3) is 0.107. The Morgan fingerprint density at radius 1 is 0.838 bits per heavy atom. The molecule has 37 heavy (non-hydrogen) atoms. The normalized spacial score (nSPS) is 11.5. The van der Waals surface area contributed by atoms with Crippen molar-refractivity contribution in [2.45, 2.75) is 28.2 Å². The van der Waals surface area contributed by atoms with Crippen molar-refractivity contribution in [2.24, 2.45) is 0 Å². The standard InChI is InChI=1S/C28H24Cl2N2O3S2/c1-20-14-16-22(17-15-20)37(34,35)32(18-23-24(29)10-7-11-25(23)30)19-28(33)31-26-12-5-6-13-27(26)36-21-8-3-2-4-9-21/h2-17H,18-19H2,1H3,(H,31,33). The van der Waals surface area contributed by atoms with Crippen LogP contribution in [0.4, 0.5) is 5.69 Å². The highest BCUT2D eigenvalue weighted by Crippen LogP contribution is 2.33. The van der Waals surface area contributed by atoms with Crippen LogP contribution in [0.2, 0.25) is 10.0 Å². The van der Waals surface area contributed by atoms with E-state index in [2.05, 4.69) is 5.32 Å². The number of hydrogen-bond acceptors (Lipinski definition) is 4. The molecule has 0 aliphatic carbocycles. The van der Waals surface area contributed by atoms with Gasteiger partial charge >= 0.3 is 0 Å². The van der Waals surface area contributed by atoms with Gasteiger partial charge in [0.1, 0.15) is 0 Å². The second-order valence-corrected chi connectivity index (χ2v) is 12.1. The summed E-state index contributed by atoms with van der Waals surface area (Å²) in [6.45, 7) is 1.28. The Kier molecular flexibility index (Phi) is 8.95. The summed E-state index contributed by atoms with van der Waals surface area (Å²) in [5.41, 5.74) is 1.93. The smallest absolute Gasteiger partial charge is 0.243 e. The molecule has 9 heteroatoms. The molecule has 1 amide bonds. The summed E-state index contributed by atoms with van der Waals surface area (Å²) in [5.74, 6) is -0.486. The molecule has 190 valence electrons. The van der Waals surface area contributed by atoms with Gasteiger partial charge in [-0.15, -0.1) is 0 Å². The van der Waals surface area contributed by atoms with Gasteiger partial charge in [0.05, 0.1) is 17.1 Å². The van der Waals surface area contributed by atoms with Gasteiger partial charge in [-0.05, 0) is 55.5 Å². The van der Waals surface area contributed by atoms with Crippen molar-refractivity contribution in [3.63, 3.8) is 0 Å². The molecule has 0 aliphatic heterocycles. The number of halogens is 2. The van der Waals surface area contributed by atoms with Crippen molar-refractivity contribution < 1.29 is 13.2 Å². The molecule has 0 atom stereocenters. The molecule has 0 bridgehead atoms. The Labute approximate surface area is 231 Å². The molecule has 4 aromatic carbocycles. The molecule has 0 aliphatic rings. The van der Waals surface area contributed by atoms with Gasteiger partial charge in [-0.25, -0.2) is 8.42 Å². The van der Waals surface area contributed by atoms with Gasteiger partial charge in [-0.1, -0.05) is 89.1 Å². The molecular weight excluding hydrogens is 547 g/mol. The first-order valence-electron chi connectivity index (χ1n) is 11.4. The van der Waals surface area contributed by atoms with Crippen molar-refractivity contribution in [3.05, 3.63) is 118 Å². The number of sulfonamides is 1. The summed E-state index contributed by atoms with van der Waals surface area (Å²) in [7, 11) is -4.05. The molecule has 0 fully saturated rings. The molecule has 0 aromatic heterocycles. The van der Waals surface area contributed by atoms with E-state index in [9.17, 15) is 13.2 Å². The van der Waals surface area contributed by atoms with Crippen LogP contribution < -0.4 is 5.32 Å². The van der Waals surface area contributed by atoms with E-state index in [-0.39, 0.29) is 11.4 Å². The number of carbonyl (C=O) groups is 1. The molecule has 5 nitrogen and oxygen atoms in total. The van der Waals surface area contributed by atoms with Gasteiger partial charge in [-0.2, -0.15) is 4.31 Å². The van der Waals surface area contributed by atoms with E-state index in [1.807, 2.05) is 55.5 Å². The maximum Gasteiger partial charge on any atom is 0.243 e. The maximum atomic E-state index is 13.6. The monoisotopic (exact) mass is 570 g/mol. The lowest BCUT2D eigenvalue weighted by atomic mass is 10.2. The number of nitrogens with zero attached hydrogens (tertiary/aromatic N) is 1. The third kappa shape index (κ3) is 6.94. The highest BCUT2D eigenvalue weighted by molar-refractivity contribution is 7.99. The summed E-state index contributed by atoms with van der Waals surface area (Å²) < 4.78 is 28.3. The Bertz CT molecular complexity index is 1480.